The van der Waals surface area contributed by atoms with Gasteiger partial charge in [0.1, 0.15) is 0 Å². The zero-order chi connectivity index (χ0) is 18.4. The predicted molar refractivity (Wildman–Crippen MR) is 95.2 cm³/mol. The van der Waals surface area contributed by atoms with Crippen LogP contribution in [0.1, 0.15) is 23.7 Å². The van der Waals surface area contributed by atoms with Gasteiger partial charge in [-0.05, 0) is 19.1 Å². The summed E-state index contributed by atoms with van der Waals surface area (Å²) >= 11 is 0. The highest BCUT2D eigenvalue weighted by atomic mass is 16.2. The summed E-state index contributed by atoms with van der Waals surface area (Å²) in [5, 5.41) is 2.85. The predicted octanol–water partition coefficient (Wildman–Crippen LogP) is 1.02. The van der Waals surface area contributed by atoms with Crippen molar-refractivity contribution < 1.29 is 14.4 Å². The first-order valence-corrected chi connectivity index (χ1v) is 8.48. The fraction of sp³-hybridized carbons (Fsp3) is 0.500. The number of urea groups is 1. The molecule has 1 fully saturated rings. The second-order valence-electron chi connectivity index (χ2n) is 6.49. The van der Waals surface area contributed by atoms with Gasteiger partial charge in [-0.1, -0.05) is 18.2 Å². The zero-order valence-corrected chi connectivity index (χ0v) is 15.1. The van der Waals surface area contributed by atoms with Crippen LogP contribution >= 0.6 is 0 Å². The van der Waals surface area contributed by atoms with Crippen molar-refractivity contribution in [3.8, 4) is 0 Å². The summed E-state index contributed by atoms with van der Waals surface area (Å²) in [7, 11) is 3.44. The monoisotopic (exact) mass is 346 g/mol. The van der Waals surface area contributed by atoms with Crippen molar-refractivity contribution in [1.29, 1.82) is 0 Å². The number of carbonyl (C=O) groups is 3. The molecular formula is C18H26N4O3. The Morgan fingerprint density at radius 3 is 2.16 bits per heavy atom. The van der Waals surface area contributed by atoms with Gasteiger partial charge in [-0.25, -0.2) is 4.79 Å². The maximum absolute atomic E-state index is 12.4. The van der Waals surface area contributed by atoms with E-state index in [2.05, 4.69) is 5.32 Å². The minimum absolute atomic E-state index is 0.00202. The molecule has 25 heavy (non-hydrogen) atoms. The fourth-order valence-corrected chi connectivity index (χ4v) is 2.77. The van der Waals surface area contributed by atoms with Gasteiger partial charge in [-0.2, -0.15) is 0 Å². The number of hydrogen-bond donors (Lipinski definition) is 1. The van der Waals surface area contributed by atoms with Crippen molar-refractivity contribution in [3.63, 3.8) is 0 Å². The molecule has 1 heterocycles. The number of hydrogen-bond acceptors (Lipinski definition) is 3. The van der Waals surface area contributed by atoms with Crippen LogP contribution in [0.15, 0.2) is 30.3 Å². The van der Waals surface area contributed by atoms with Crippen molar-refractivity contribution in [2.24, 2.45) is 0 Å². The van der Waals surface area contributed by atoms with E-state index in [1.807, 2.05) is 13.0 Å². The maximum Gasteiger partial charge on any atom is 0.319 e. The molecule has 0 aromatic heterocycles. The SMILES string of the molecule is CC(CC(=O)N1CCN(C(=O)N(C)C)CC1)NC(=O)c1ccccc1. The molecule has 1 aliphatic heterocycles. The summed E-state index contributed by atoms with van der Waals surface area (Å²) in [6, 6.07) is 8.66. The Hall–Kier alpha value is -2.57. The summed E-state index contributed by atoms with van der Waals surface area (Å²) in [6.45, 7) is 3.95. The first kappa shape index (κ1) is 18.8. The minimum Gasteiger partial charge on any atom is -0.349 e. The third kappa shape index (κ3) is 5.20. The van der Waals surface area contributed by atoms with Gasteiger partial charge in [-0.15, -0.1) is 0 Å². The smallest absolute Gasteiger partial charge is 0.319 e. The van der Waals surface area contributed by atoms with E-state index in [0.29, 0.717) is 31.7 Å². The molecule has 1 atom stereocenters. The van der Waals surface area contributed by atoms with Gasteiger partial charge in [0, 0.05) is 58.3 Å². The first-order chi connectivity index (χ1) is 11.9. The van der Waals surface area contributed by atoms with Crippen LogP contribution in [0.4, 0.5) is 4.79 Å². The second kappa shape index (κ2) is 8.50. The number of amides is 4. The van der Waals surface area contributed by atoms with E-state index in [9.17, 15) is 14.4 Å². The van der Waals surface area contributed by atoms with E-state index < -0.39 is 0 Å². The van der Waals surface area contributed by atoms with Gasteiger partial charge < -0.3 is 20.0 Å². The van der Waals surface area contributed by atoms with Gasteiger partial charge in [-0.3, -0.25) is 9.59 Å². The molecule has 0 radical (unpaired) electrons. The molecule has 1 saturated heterocycles. The lowest BCUT2D eigenvalue weighted by Gasteiger charge is -2.36. The second-order valence-corrected chi connectivity index (χ2v) is 6.49. The molecule has 1 aromatic rings. The standard InChI is InChI=1S/C18H26N4O3/c1-14(19-17(24)15-7-5-4-6-8-15)13-16(23)21-9-11-22(12-10-21)18(25)20(2)3/h4-8,14H,9-13H2,1-3H3,(H,19,24). The number of rotatable bonds is 4. The van der Waals surface area contributed by atoms with E-state index in [1.165, 1.54) is 0 Å². The van der Waals surface area contributed by atoms with Crippen molar-refractivity contribution in [1.82, 2.24) is 20.0 Å². The molecule has 0 spiro atoms. The molecule has 4 amide bonds. The van der Waals surface area contributed by atoms with Crippen LogP contribution in [-0.2, 0) is 4.79 Å². The number of nitrogens with zero attached hydrogens (tertiary/aromatic N) is 3. The summed E-state index contributed by atoms with van der Waals surface area (Å²) in [4.78, 5) is 41.5. The van der Waals surface area contributed by atoms with Crippen LogP contribution in [-0.4, -0.2) is 78.9 Å². The maximum atomic E-state index is 12.4. The highest BCUT2D eigenvalue weighted by Gasteiger charge is 2.25. The number of benzene rings is 1. The minimum atomic E-state index is -0.248. The van der Waals surface area contributed by atoms with Gasteiger partial charge in [0.05, 0.1) is 0 Å². The number of carbonyl (C=O) groups excluding carboxylic acids is 3. The van der Waals surface area contributed by atoms with Gasteiger partial charge in [0.25, 0.3) is 5.91 Å². The van der Waals surface area contributed by atoms with Crippen molar-refractivity contribution in [3.05, 3.63) is 35.9 Å². The highest BCUT2D eigenvalue weighted by molar-refractivity contribution is 5.94. The molecule has 0 saturated carbocycles. The zero-order valence-electron chi connectivity index (χ0n) is 15.1. The van der Waals surface area contributed by atoms with Gasteiger partial charge in [0.15, 0.2) is 0 Å². The Kier molecular flexibility index (Phi) is 6.38. The van der Waals surface area contributed by atoms with E-state index in [0.717, 1.165) is 0 Å². The molecule has 7 heteroatoms. The van der Waals surface area contributed by atoms with Crippen LogP contribution < -0.4 is 5.32 Å². The average molecular weight is 346 g/mol. The van der Waals surface area contributed by atoms with Crippen LogP contribution in [0, 0.1) is 0 Å². The number of nitrogens with one attached hydrogen (secondary N) is 1. The molecule has 2 rings (SSSR count). The van der Waals surface area contributed by atoms with Crippen LogP contribution in [0.2, 0.25) is 0 Å². The lowest BCUT2D eigenvalue weighted by molar-refractivity contribution is -0.133. The molecule has 1 aromatic carbocycles. The van der Waals surface area contributed by atoms with Crippen LogP contribution in [0.5, 0.6) is 0 Å². The number of piperazine rings is 1. The fourth-order valence-electron chi connectivity index (χ4n) is 2.77. The topological polar surface area (TPSA) is 73.0 Å². The molecule has 1 N–H and O–H groups in total. The Balaban J connectivity index is 1.78. The van der Waals surface area contributed by atoms with E-state index in [1.54, 1.807) is 53.1 Å². The molecule has 0 bridgehead atoms. The third-order valence-electron chi connectivity index (χ3n) is 4.18. The largest absolute Gasteiger partial charge is 0.349 e. The highest BCUT2D eigenvalue weighted by Crippen LogP contribution is 2.08. The lowest BCUT2D eigenvalue weighted by atomic mass is 10.1. The Morgan fingerprint density at radius 2 is 1.60 bits per heavy atom. The van der Waals surface area contributed by atoms with Crippen molar-refractivity contribution in [2.45, 2.75) is 19.4 Å². The van der Waals surface area contributed by atoms with Crippen LogP contribution in [0.3, 0.4) is 0 Å². The van der Waals surface area contributed by atoms with E-state index in [4.69, 9.17) is 0 Å². The van der Waals surface area contributed by atoms with Gasteiger partial charge >= 0.3 is 6.03 Å². The average Bonchev–Trinajstić information content (AvgIpc) is 2.61. The summed E-state index contributed by atoms with van der Waals surface area (Å²) in [5.74, 6) is -0.180. The lowest BCUT2D eigenvalue weighted by Crippen LogP contribution is -2.53. The van der Waals surface area contributed by atoms with Crippen molar-refractivity contribution in [2.75, 3.05) is 40.3 Å². The Morgan fingerprint density at radius 1 is 1.04 bits per heavy atom. The normalized spacial score (nSPS) is 15.5. The van der Waals surface area contributed by atoms with E-state index >= 15 is 0 Å². The molecule has 7 nitrogen and oxygen atoms in total. The Bertz CT molecular complexity index is 610. The first-order valence-electron chi connectivity index (χ1n) is 8.48. The van der Waals surface area contributed by atoms with Crippen LogP contribution in [0.25, 0.3) is 0 Å². The molecular weight excluding hydrogens is 320 g/mol. The summed E-state index contributed by atoms with van der Waals surface area (Å²) in [5.41, 5.74) is 0.581. The summed E-state index contributed by atoms with van der Waals surface area (Å²) in [6.07, 6.45) is 0.250. The third-order valence-corrected chi connectivity index (χ3v) is 4.18. The molecule has 1 unspecified atom stereocenters. The van der Waals surface area contributed by atoms with Crippen molar-refractivity contribution >= 4 is 17.8 Å². The molecule has 0 aliphatic carbocycles. The van der Waals surface area contributed by atoms with E-state index in [-0.39, 0.29) is 30.3 Å². The molecule has 1 aliphatic rings. The quantitative estimate of drug-likeness (QED) is 0.885. The Labute approximate surface area is 148 Å². The summed E-state index contributed by atoms with van der Waals surface area (Å²) < 4.78 is 0. The molecule has 136 valence electrons. The van der Waals surface area contributed by atoms with Gasteiger partial charge in [0.2, 0.25) is 5.91 Å².